The van der Waals surface area contributed by atoms with Crippen LogP contribution >= 0.6 is 11.3 Å². The molecule has 0 saturated heterocycles. The van der Waals surface area contributed by atoms with Gasteiger partial charge in [0.15, 0.2) is 0 Å². The smallest absolute Gasteiger partial charge is 0.318 e. The maximum atomic E-state index is 12.1. The van der Waals surface area contributed by atoms with Gasteiger partial charge in [-0.2, -0.15) is 0 Å². The van der Waals surface area contributed by atoms with Crippen LogP contribution in [0.15, 0.2) is 11.6 Å². The summed E-state index contributed by atoms with van der Waals surface area (Å²) in [6.45, 7) is 6.16. The average molecular weight is 285 g/mol. The summed E-state index contributed by atoms with van der Waals surface area (Å²) in [6.07, 6.45) is 1.61. The molecule has 106 valence electrons. The molecule has 0 aliphatic rings. The van der Waals surface area contributed by atoms with Gasteiger partial charge in [-0.1, -0.05) is 0 Å². The Morgan fingerprint density at radius 1 is 1.47 bits per heavy atom. The number of aliphatic carboxylic acids is 1. The molecule has 0 spiro atoms. The zero-order valence-electron chi connectivity index (χ0n) is 11.3. The molecule has 1 heterocycles. The highest BCUT2D eigenvalue weighted by molar-refractivity contribution is 7.09. The van der Waals surface area contributed by atoms with Crippen LogP contribution in [0.1, 0.15) is 32.2 Å². The Kier molecular flexibility index (Phi) is 5.29. The second-order valence-corrected chi connectivity index (χ2v) is 6.03. The van der Waals surface area contributed by atoms with Gasteiger partial charge in [-0.3, -0.25) is 4.79 Å². The van der Waals surface area contributed by atoms with Crippen LogP contribution < -0.4 is 5.32 Å². The SMILES string of the molecule is CC(C)(C)N(CCC(=O)O)C(=O)NCc1nccs1. The van der Waals surface area contributed by atoms with Crippen molar-refractivity contribution in [1.29, 1.82) is 0 Å². The van der Waals surface area contributed by atoms with Crippen molar-refractivity contribution in [1.82, 2.24) is 15.2 Å². The van der Waals surface area contributed by atoms with Gasteiger partial charge in [0.1, 0.15) is 5.01 Å². The molecule has 2 N–H and O–H groups in total. The number of thiazole rings is 1. The summed E-state index contributed by atoms with van der Waals surface area (Å²) in [5, 5.41) is 14.1. The van der Waals surface area contributed by atoms with Crippen molar-refractivity contribution in [2.45, 2.75) is 39.3 Å². The lowest BCUT2D eigenvalue weighted by Gasteiger charge is -2.35. The highest BCUT2D eigenvalue weighted by atomic mass is 32.1. The van der Waals surface area contributed by atoms with E-state index in [0.717, 1.165) is 5.01 Å². The Hall–Kier alpha value is -1.63. The molecule has 0 saturated carbocycles. The van der Waals surface area contributed by atoms with Crippen molar-refractivity contribution in [2.75, 3.05) is 6.54 Å². The normalized spacial score (nSPS) is 11.1. The van der Waals surface area contributed by atoms with E-state index >= 15 is 0 Å². The van der Waals surface area contributed by atoms with Crippen molar-refractivity contribution in [3.63, 3.8) is 0 Å². The number of nitrogens with zero attached hydrogens (tertiary/aromatic N) is 2. The van der Waals surface area contributed by atoms with Gasteiger partial charge in [0, 0.05) is 23.7 Å². The number of rotatable bonds is 5. The third-order valence-electron chi connectivity index (χ3n) is 2.48. The molecule has 2 amide bonds. The van der Waals surface area contributed by atoms with Gasteiger partial charge in [-0.15, -0.1) is 11.3 Å². The van der Waals surface area contributed by atoms with Gasteiger partial charge in [-0.05, 0) is 20.8 Å². The third-order valence-corrected chi connectivity index (χ3v) is 3.26. The van der Waals surface area contributed by atoms with E-state index in [1.54, 1.807) is 6.20 Å². The fourth-order valence-electron chi connectivity index (χ4n) is 1.54. The number of carbonyl (C=O) groups excluding carboxylic acids is 1. The molecule has 6 nitrogen and oxygen atoms in total. The number of hydrogen-bond acceptors (Lipinski definition) is 4. The van der Waals surface area contributed by atoms with Gasteiger partial charge >= 0.3 is 12.0 Å². The number of aromatic nitrogens is 1. The molecule has 1 rings (SSSR count). The molecule has 0 aromatic carbocycles. The Labute approximate surface area is 116 Å². The Bertz CT molecular complexity index is 426. The van der Waals surface area contributed by atoms with E-state index in [-0.39, 0.29) is 19.0 Å². The Morgan fingerprint density at radius 3 is 2.63 bits per heavy atom. The quantitative estimate of drug-likeness (QED) is 0.866. The monoisotopic (exact) mass is 285 g/mol. The highest BCUT2D eigenvalue weighted by Crippen LogP contribution is 2.14. The van der Waals surface area contributed by atoms with Crippen molar-refractivity contribution >= 4 is 23.3 Å². The van der Waals surface area contributed by atoms with Crippen molar-refractivity contribution in [3.8, 4) is 0 Å². The first-order chi connectivity index (χ1) is 8.80. The van der Waals surface area contributed by atoms with Crippen LogP contribution in [0.5, 0.6) is 0 Å². The molecule has 0 fully saturated rings. The van der Waals surface area contributed by atoms with Gasteiger partial charge in [-0.25, -0.2) is 9.78 Å². The molecular weight excluding hydrogens is 266 g/mol. The molecular formula is C12H19N3O3S. The number of hydrogen-bond donors (Lipinski definition) is 2. The minimum atomic E-state index is -0.915. The molecule has 0 aliphatic carbocycles. The second kappa shape index (κ2) is 6.51. The van der Waals surface area contributed by atoms with Crippen LogP contribution in [0.2, 0.25) is 0 Å². The van der Waals surface area contributed by atoms with E-state index in [1.807, 2.05) is 26.2 Å². The molecule has 0 bridgehead atoms. The molecule has 0 radical (unpaired) electrons. The zero-order chi connectivity index (χ0) is 14.5. The predicted molar refractivity (Wildman–Crippen MR) is 73.1 cm³/mol. The number of carboxylic acids is 1. The van der Waals surface area contributed by atoms with E-state index in [1.165, 1.54) is 16.2 Å². The van der Waals surface area contributed by atoms with Crippen LogP contribution in [-0.4, -0.2) is 39.1 Å². The Morgan fingerprint density at radius 2 is 2.16 bits per heavy atom. The largest absolute Gasteiger partial charge is 0.481 e. The first-order valence-electron chi connectivity index (χ1n) is 5.96. The maximum absolute atomic E-state index is 12.1. The lowest BCUT2D eigenvalue weighted by Crippen LogP contribution is -2.50. The van der Waals surface area contributed by atoms with Gasteiger partial charge in [0.25, 0.3) is 0 Å². The van der Waals surface area contributed by atoms with E-state index < -0.39 is 11.5 Å². The fraction of sp³-hybridized carbons (Fsp3) is 0.583. The first-order valence-corrected chi connectivity index (χ1v) is 6.84. The molecule has 7 heteroatoms. The van der Waals surface area contributed by atoms with Gasteiger partial charge in [0.05, 0.1) is 13.0 Å². The van der Waals surface area contributed by atoms with Crippen LogP contribution in [0, 0.1) is 0 Å². The van der Waals surface area contributed by atoms with E-state index in [0.29, 0.717) is 6.54 Å². The third kappa shape index (κ3) is 5.25. The fourth-order valence-corrected chi connectivity index (χ4v) is 2.09. The molecule has 1 aromatic heterocycles. The number of carboxylic acid groups (broad SMARTS) is 1. The van der Waals surface area contributed by atoms with Crippen molar-refractivity contribution in [2.24, 2.45) is 0 Å². The standard InChI is InChI=1S/C12H19N3O3S/c1-12(2,3)15(6-4-10(16)17)11(18)14-8-9-13-5-7-19-9/h5,7H,4,6,8H2,1-3H3,(H,14,18)(H,16,17). The summed E-state index contributed by atoms with van der Waals surface area (Å²) in [6, 6.07) is -0.274. The Balaban J connectivity index is 2.58. The van der Waals surface area contributed by atoms with Gasteiger partial charge < -0.3 is 15.3 Å². The summed E-state index contributed by atoms with van der Waals surface area (Å²) in [4.78, 5) is 28.3. The minimum absolute atomic E-state index is 0.0675. The average Bonchev–Trinajstić information content (AvgIpc) is 2.76. The molecule has 19 heavy (non-hydrogen) atoms. The molecule has 0 atom stereocenters. The summed E-state index contributed by atoms with van der Waals surface area (Å²) in [5.74, 6) is -0.915. The lowest BCUT2D eigenvalue weighted by atomic mass is 10.1. The number of carbonyl (C=O) groups is 2. The van der Waals surface area contributed by atoms with E-state index in [4.69, 9.17) is 5.11 Å². The zero-order valence-corrected chi connectivity index (χ0v) is 12.2. The van der Waals surface area contributed by atoms with E-state index in [9.17, 15) is 9.59 Å². The van der Waals surface area contributed by atoms with Gasteiger partial charge in [0.2, 0.25) is 0 Å². The maximum Gasteiger partial charge on any atom is 0.318 e. The summed E-state index contributed by atoms with van der Waals surface area (Å²) >= 11 is 1.46. The van der Waals surface area contributed by atoms with Crippen molar-refractivity contribution in [3.05, 3.63) is 16.6 Å². The summed E-state index contributed by atoms with van der Waals surface area (Å²) < 4.78 is 0. The predicted octanol–water partition coefficient (Wildman–Crippen LogP) is 1.93. The van der Waals surface area contributed by atoms with E-state index in [2.05, 4.69) is 10.3 Å². The molecule has 1 aromatic rings. The van der Waals surface area contributed by atoms with Crippen LogP contribution in [0.3, 0.4) is 0 Å². The second-order valence-electron chi connectivity index (χ2n) is 5.05. The van der Waals surface area contributed by atoms with Crippen LogP contribution in [0.25, 0.3) is 0 Å². The molecule has 0 unspecified atom stereocenters. The first kappa shape index (κ1) is 15.4. The summed E-state index contributed by atoms with van der Waals surface area (Å²) in [7, 11) is 0. The minimum Gasteiger partial charge on any atom is -0.481 e. The number of urea groups is 1. The number of amides is 2. The number of nitrogens with one attached hydrogen (secondary N) is 1. The lowest BCUT2D eigenvalue weighted by molar-refractivity contribution is -0.137. The van der Waals surface area contributed by atoms with Crippen molar-refractivity contribution < 1.29 is 14.7 Å². The van der Waals surface area contributed by atoms with Crippen LogP contribution in [-0.2, 0) is 11.3 Å². The van der Waals surface area contributed by atoms with Crippen LogP contribution in [0.4, 0.5) is 4.79 Å². The topological polar surface area (TPSA) is 82.5 Å². The summed E-state index contributed by atoms with van der Waals surface area (Å²) in [5.41, 5.74) is -0.428. The highest BCUT2D eigenvalue weighted by Gasteiger charge is 2.26. The molecule has 0 aliphatic heterocycles.